The molecule has 0 atom stereocenters. The van der Waals surface area contributed by atoms with Crippen LogP contribution in [0.2, 0.25) is 5.02 Å². The van der Waals surface area contributed by atoms with Gasteiger partial charge in [-0.1, -0.05) is 45.4 Å². The molecule has 1 heterocycles. The zero-order chi connectivity index (χ0) is 15.5. The van der Waals surface area contributed by atoms with Gasteiger partial charge in [0.1, 0.15) is 0 Å². The first-order valence-corrected chi connectivity index (χ1v) is 8.64. The summed E-state index contributed by atoms with van der Waals surface area (Å²) in [5.41, 5.74) is 3.17. The summed E-state index contributed by atoms with van der Waals surface area (Å²) in [6.45, 7) is 12.2. The van der Waals surface area contributed by atoms with E-state index in [2.05, 4.69) is 50.0 Å². The van der Waals surface area contributed by atoms with E-state index in [-0.39, 0.29) is 0 Å². The predicted octanol–water partition coefficient (Wildman–Crippen LogP) is 4.85. The Labute approximate surface area is 134 Å². The van der Waals surface area contributed by atoms with Crippen LogP contribution in [0.5, 0.6) is 0 Å². The van der Waals surface area contributed by atoms with Crippen molar-refractivity contribution in [3.05, 3.63) is 28.8 Å². The summed E-state index contributed by atoms with van der Waals surface area (Å²) in [6, 6.07) is 6.81. The standard InChI is InChI=1S/C18H29ClN2/c1-5-18(6-2)9-10-21(13-18)17-11-16(19)8-7-15(17)12-20-14(3)4/h7-8,11,14,20H,5-6,9-10,12-13H2,1-4H3. The Bertz CT molecular complexity index is 466. The molecule has 2 rings (SSSR count). The van der Waals surface area contributed by atoms with Crippen LogP contribution >= 0.6 is 11.6 Å². The maximum Gasteiger partial charge on any atom is 0.0426 e. The van der Waals surface area contributed by atoms with Crippen molar-refractivity contribution in [1.29, 1.82) is 0 Å². The highest BCUT2D eigenvalue weighted by Gasteiger charge is 2.35. The van der Waals surface area contributed by atoms with Crippen LogP contribution in [0, 0.1) is 5.41 Å². The molecule has 0 spiro atoms. The van der Waals surface area contributed by atoms with Gasteiger partial charge < -0.3 is 10.2 Å². The van der Waals surface area contributed by atoms with Crippen molar-refractivity contribution < 1.29 is 0 Å². The van der Waals surface area contributed by atoms with E-state index in [0.29, 0.717) is 11.5 Å². The van der Waals surface area contributed by atoms with E-state index in [9.17, 15) is 0 Å². The number of hydrogen-bond donors (Lipinski definition) is 1. The summed E-state index contributed by atoms with van der Waals surface area (Å²) >= 11 is 6.25. The number of nitrogens with zero attached hydrogens (tertiary/aromatic N) is 1. The van der Waals surface area contributed by atoms with Crippen LogP contribution in [0.3, 0.4) is 0 Å². The van der Waals surface area contributed by atoms with Gasteiger partial charge in [-0.05, 0) is 42.4 Å². The third-order valence-corrected chi connectivity index (χ3v) is 5.26. The van der Waals surface area contributed by atoms with Crippen molar-refractivity contribution >= 4 is 17.3 Å². The lowest BCUT2D eigenvalue weighted by molar-refractivity contribution is 0.301. The fraction of sp³-hybridized carbons (Fsp3) is 0.667. The summed E-state index contributed by atoms with van der Waals surface area (Å²) in [5, 5.41) is 4.36. The molecule has 1 aliphatic rings. The minimum absolute atomic E-state index is 0.491. The Morgan fingerprint density at radius 3 is 2.57 bits per heavy atom. The van der Waals surface area contributed by atoms with E-state index < -0.39 is 0 Å². The molecule has 1 aliphatic heterocycles. The van der Waals surface area contributed by atoms with Crippen LogP contribution in [-0.4, -0.2) is 19.1 Å². The second-order valence-corrected chi connectivity index (χ2v) is 7.12. The fourth-order valence-electron chi connectivity index (χ4n) is 3.26. The van der Waals surface area contributed by atoms with Crippen LogP contribution in [-0.2, 0) is 6.54 Å². The molecular formula is C18H29ClN2. The first-order chi connectivity index (χ1) is 9.99. The van der Waals surface area contributed by atoms with Gasteiger partial charge in [0.25, 0.3) is 0 Å². The molecule has 3 heteroatoms. The average molecular weight is 309 g/mol. The highest BCUT2D eigenvalue weighted by Crippen LogP contribution is 2.40. The predicted molar refractivity (Wildman–Crippen MR) is 93.3 cm³/mol. The van der Waals surface area contributed by atoms with Crippen molar-refractivity contribution in [3.8, 4) is 0 Å². The number of nitrogens with one attached hydrogen (secondary N) is 1. The molecule has 0 bridgehead atoms. The van der Waals surface area contributed by atoms with E-state index in [1.807, 2.05) is 6.07 Å². The molecule has 0 unspecified atom stereocenters. The van der Waals surface area contributed by atoms with Gasteiger partial charge >= 0.3 is 0 Å². The van der Waals surface area contributed by atoms with Crippen molar-refractivity contribution in [1.82, 2.24) is 5.32 Å². The third kappa shape index (κ3) is 3.92. The lowest BCUT2D eigenvalue weighted by Gasteiger charge is -2.28. The lowest BCUT2D eigenvalue weighted by atomic mass is 9.82. The molecule has 0 aliphatic carbocycles. The van der Waals surface area contributed by atoms with Gasteiger partial charge in [0.05, 0.1) is 0 Å². The van der Waals surface area contributed by atoms with Gasteiger partial charge in [-0.15, -0.1) is 0 Å². The summed E-state index contributed by atoms with van der Waals surface area (Å²) in [7, 11) is 0. The first-order valence-electron chi connectivity index (χ1n) is 8.26. The Morgan fingerprint density at radius 1 is 1.29 bits per heavy atom. The molecule has 0 radical (unpaired) electrons. The van der Waals surface area contributed by atoms with Crippen LogP contribution in [0.4, 0.5) is 5.69 Å². The lowest BCUT2D eigenvalue weighted by Crippen LogP contribution is -2.28. The SMILES string of the molecule is CCC1(CC)CCN(c2cc(Cl)ccc2CNC(C)C)C1. The number of hydrogen-bond acceptors (Lipinski definition) is 2. The van der Waals surface area contributed by atoms with E-state index in [0.717, 1.165) is 24.7 Å². The van der Waals surface area contributed by atoms with Crippen LogP contribution in [0.25, 0.3) is 0 Å². The fourth-order valence-corrected chi connectivity index (χ4v) is 3.43. The normalized spacial score (nSPS) is 17.7. The molecule has 1 aromatic carbocycles. The molecule has 0 amide bonds. The third-order valence-electron chi connectivity index (χ3n) is 5.03. The smallest absolute Gasteiger partial charge is 0.0426 e. The average Bonchev–Trinajstić information content (AvgIpc) is 2.91. The zero-order valence-electron chi connectivity index (χ0n) is 13.9. The van der Waals surface area contributed by atoms with E-state index in [1.54, 1.807) is 0 Å². The largest absolute Gasteiger partial charge is 0.371 e. The number of halogens is 1. The van der Waals surface area contributed by atoms with Crippen molar-refractivity contribution in [2.45, 2.75) is 59.5 Å². The van der Waals surface area contributed by atoms with Crippen LogP contribution in [0.1, 0.15) is 52.5 Å². The van der Waals surface area contributed by atoms with Crippen molar-refractivity contribution in [2.24, 2.45) is 5.41 Å². The second-order valence-electron chi connectivity index (χ2n) is 6.69. The maximum atomic E-state index is 6.25. The number of anilines is 1. The van der Waals surface area contributed by atoms with Crippen LogP contribution in [0.15, 0.2) is 18.2 Å². The maximum absolute atomic E-state index is 6.25. The van der Waals surface area contributed by atoms with Gasteiger partial charge in [-0.2, -0.15) is 0 Å². The molecule has 1 fully saturated rings. The summed E-state index contributed by atoms with van der Waals surface area (Å²) in [5.74, 6) is 0. The molecule has 0 aromatic heterocycles. The molecule has 21 heavy (non-hydrogen) atoms. The quantitative estimate of drug-likeness (QED) is 0.807. The van der Waals surface area contributed by atoms with Gasteiger partial charge in [0.15, 0.2) is 0 Å². The molecule has 2 nitrogen and oxygen atoms in total. The molecular weight excluding hydrogens is 280 g/mol. The summed E-state index contributed by atoms with van der Waals surface area (Å²) in [4.78, 5) is 2.54. The Balaban J connectivity index is 2.20. The topological polar surface area (TPSA) is 15.3 Å². The monoisotopic (exact) mass is 308 g/mol. The minimum atomic E-state index is 0.491. The minimum Gasteiger partial charge on any atom is -0.371 e. The highest BCUT2D eigenvalue weighted by molar-refractivity contribution is 6.30. The molecule has 0 saturated carbocycles. The number of benzene rings is 1. The second kappa shape index (κ2) is 7.02. The highest BCUT2D eigenvalue weighted by atomic mass is 35.5. The Hall–Kier alpha value is -0.730. The van der Waals surface area contributed by atoms with E-state index >= 15 is 0 Å². The first kappa shape index (κ1) is 16.6. The molecule has 1 aromatic rings. The van der Waals surface area contributed by atoms with Gasteiger partial charge in [0.2, 0.25) is 0 Å². The van der Waals surface area contributed by atoms with Gasteiger partial charge in [0, 0.05) is 36.4 Å². The van der Waals surface area contributed by atoms with Crippen molar-refractivity contribution in [3.63, 3.8) is 0 Å². The van der Waals surface area contributed by atoms with Gasteiger partial charge in [-0.25, -0.2) is 0 Å². The van der Waals surface area contributed by atoms with Gasteiger partial charge in [-0.3, -0.25) is 0 Å². The summed E-state index contributed by atoms with van der Waals surface area (Å²) in [6.07, 6.45) is 3.82. The van der Waals surface area contributed by atoms with Crippen LogP contribution < -0.4 is 10.2 Å². The Kier molecular flexibility index (Phi) is 5.56. The van der Waals surface area contributed by atoms with E-state index in [4.69, 9.17) is 11.6 Å². The Morgan fingerprint density at radius 2 is 2.00 bits per heavy atom. The number of rotatable bonds is 6. The molecule has 1 N–H and O–H groups in total. The zero-order valence-corrected chi connectivity index (χ0v) is 14.6. The molecule has 118 valence electrons. The summed E-state index contributed by atoms with van der Waals surface area (Å²) < 4.78 is 0. The van der Waals surface area contributed by atoms with E-state index in [1.165, 1.54) is 30.5 Å². The van der Waals surface area contributed by atoms with Crippen molar-refractivity contribution in [2.75, 3.05) is 18.0 Å². The molecule has 1 saturated heterocycles.